The van der Waals surface area contributed by atoms with E-state index < -0.39 is 0 Å². The predicted octanol–water partition coefficient (Wildman–Crippen LogP) is 2.55. The number of anilines is 1. The van der Waals surface area contributed by atoms with Crippen LogP contribution in [0.5, 0.6) is 0 Å². The number of aromatic nitrogens is 1. The van der Waals surface area contributed by atoms with E-state index in [-0.39, 0.29) is 24.0 Å². The molecule has 1 fully saturated rings. The van der Waals surface area contributed by atoms with E-state index in [2.05, 4.69) is 55.6 Å². The van der Waals surface area contributed by atoms with Gasteiger partial charge in [-0.05, 0) is 42.1 Å². The number of aliphatic imine (C=N–C) groups is 1. The molecule has 0 unspecified atom stereocenters. The molecule has 27 heavy (non-hydrogen) atoms. The topological polar surface area (TPSA) is 69.8 Å². The van der Waals surface area contributed by atoms with Crippen LogP contribution in [-0.2, 0) is 13.0 Å². The molecule has 2 aromatic rings. The summed E-state index contributed by atoms with van der Waals surface area (Å²) in [5.74, 6) is 1.54. The number of nitrogens with two attached hydrogens (primary N) is 1. The molecule has 2 aromatic heterocycles. The van der Waals surface area contributed by atoms with E-state index in [0.717, 1.165) is 57.1 Å². The number of rotatable bonds is 7. The van der Waals surface area contributed by atoms with Crippen molar-refractivity contribution < 1.29 is 0 Å². The number of hydrogen-bond acceptors (Lipinski definition) is 5. The van der Waals surface area contributed by atoms with Gasteiger partial charge in [0.1, 0.15) is 5.82 Å². The van der Waals surface area contributed by atoms with Crippen LogP contribution in [-0.4, -0.2) is 55.1 Å². The average Bonchev–Trinajstić information content (AvgIpc) is 3.20. The summed E-state index contributed by atoms with van der Waals surface area (Å²) >= 11 is 1.77. The Balaban J connectivity index is 0.00000261. The third-order valence-electron chi connectivity index (χ3n) is 4.64. The minimum Gasteiger partial charge on any atom is -0.370 e. The van der Waals surface area contributed by atoms with Crippen molar-refractivity contribution in [1.29, 1.82) is 0 Å². The number of guanidine groups is 1. The van der Waals surface area contributed by atoms with Crippen LogP contribution in [0.3, 0.4) is 0 Å². The van der Waals surface area contributed by atoms with Crippen molar-refractivity contribution in [3.63, 3.8) is 0 Å². The Hall–Kier alpha value is -1.39. The summed E-state index contributed by atoms with van der Waals surface area (Å²) in [6, 6.07) is 8.34. The first-order chi connectivity index (χ1) is 12.7. The molecule has 0 amide bonds. The van der Waals surface area contributed by atoms with Gasteiger partial charge in [-0.15, -0.1) is 35.3 Å². The summed E-state index contributed by atoms with van der Waals surface area (Å²) in [7, 11) is 0. The number of pyridine rings is 1. The van der Waals surface area contributed by atoms with Crippen LogP contribution in [0.15, 0.2) is 40.8 Å². The highest BCUT2D eigenvalue weighted by Gasteiger charge is 2.16. The fourth-order valence-electron chi connectivity index (χ4n) is 3.03. The lowest BCUT2D eigenvalue weighted by atomic mass is 10.2. The maximum absolute atomic E-state index is 5.98. The monoisotopic (exact) mass is 500 g/mol. The lowest BCUT2D eigenvalue weighted by molar-refractivity contribution is 0.270. The molecule has 3 N–H and O–H groups in total. The molecule has 0 saturated carbocycles. The molecule has 0 radical (unpaired) electrons. The summed E-state index contributed by atoms with van der Waals surface area (Å²) in [6.07, 6.45) is 2.84. The zero-order valence-electron chi connectivity index (χ0n) is 15.8. The first-order valence-corrected chi connectivity index (χ1v) is 10.1. The average molecular weight is 500 g/mol. The summed E-state index contributed by atoms with van der Waals surface area (Å²) in [4.78, 5) is 15.2. The molecule has 0 bridgehead atoms. The summed E-state index contributed by atoms with van der Waals surface area (Å²) < 4.78 is 0. The molecule has 3 rings (SSSR count). The van der Waals surface area contributed by atoms with Crippen molar-refractivity contribution in [1.82, 2.24) is 15.2 Å². The maximum Gasteiger partial charge on any atom is 0.188 e. The van der Waals surface area contributed by atoms with Gasteiger partial charge in [0.2, 0.25) is 0 Å². The lowest BCUT2D eigenvalue weighted by Gasteiger charge is -2.34. The normalized spacial score (nSPS) is 15.4. The van der Waals surface area contributed by atoms with Crippen LogP contribution in [0.2, 0.25) is 0 Å². The zero-order chi connectivity index (χ0) is 18.2. The molecule has 0 spiro atoms. The van der Waals surface area contributed by atoms with Crippen molar-refractivity contribution in [2.45, 2.75) is 19.9 Å². The molecule has 3 heterocycles. The van der Waals surface area contributed by atoms with Gasteiger partial charge in [0.25, 0.3) is 0 Å². The third kappa shape index (κ3) is 6.93. The Labute approximate surface area is 182 Å². The Bertz CT molecular complexity index is 698. The number of piperazine rings is 1. The Morgan fingerprint density at radius 3 is 2.81 bits per heavy atom. The minimum absolute atomic E-state index is 0. The number of nitrogens with one attached hydrogen (secondary N) is 1. The lowest BCUT2D eigenvalue weighted by Crippen LogP contribution is -2.46. The third-order valence-corrected chi connectivity index (χ3v) is 5.58. The van der Waals surface area contributed by atoms with Gasteiger partial charge in [0, 0.05) is 43.8 Å². The quantitative estimate of drug-likeness (QED) is 0.348. The van der Waals surface area contributed by atoms with Gasteiger partial charge in [0.15, 0.2) is 5.96 Å². The van der Waals surface area contributed by atoms with Gasteiger partial charge < -0.3 is 20.9 Å². The summed E-state index contributed by atoms with van der Waals surface area (Å²) in [5, 5.41) is 5.28. The second kappa shape index (κ2) is 11.5. The van der Waals surface area contributed by atoms with E-state index in [0.29, 0.717) is 12.5 Å². The number of nitrogens with zero attached hydrogens (tertiary/aromatic N) is 4. The standard InChI is InChI=1S/C19H28N6S.HI/c1-2-24-9-11-25(12-10-24)18-14-16(5-7-21-18)15-23-19(20)22-8-6-17-4-3-13-26-17;/h3-5,7,13-14H,2,6,8-12,15H2,1H3,(H3,20,22,23);1H. The zero-order valence-corrected chi connectivity index (χ0v) is 19.0. The largest absolute Gasteiger partial charge is 0.370 e. The Kier molecular flexibility index (Phi) is 9.29. The van der Waals surface area contributed by atoms with E-state index in [1.165, 1.54) is 4.88 Å². The van der Waals surface area contributed by atoms with Crippen molar-refractivity contribution >= 4 is 47.1 Å². The van der Waals surface area contributed by atoms with Crippen molar-refractivity contribution in [3.8, 4) is 0 Å². The maximum atomic E-state index is 5.98. The number of halogens is 1. The molecule has 6 nitrogen and oxygen atoms in total. The molecule has 0 aromatic carbocycles. The van der Waals surface area contributed by atoms with Crippen LogP contribution in [0.25, 0.3) is 0 Å². The molecule has 8 heteroatoms. The smallest absolute Gasteiger partial charge is 0.188 e. The number of thiophene rings is 1. The highest BCUT2D eigenvalue weighted by atomic mass is 127. The molecular weight excluding hydrogens is 471 g/mol. The molecule has 0 atom stereocenters. The first kappa shape index (κ1) is 21.9. The van der Waals surface area contributed by atoms with Crippen LogP contribution in [0.4, 0.5) is 5.82 Å². The summed E-state index contributed by atoms with van der Waals surface area (Å²) in [5.41, 5.74) is 7.12. The van der Waals surface area contributed by atoms with Crippen molar-refractivity contribution in [2.75, 3.05) is 44.2 Å². The number of hydrogen-bond donors (Lipinski definition) is 2. The van der Waals surface area contributed by atoms with Gasteiger partial charge in [-0.3, -0.25) is 0 Å². The highest BCUT2D eigenvalue weighted by molar-refractivity contribution is 14.0. The van der Waals surface area contributed by atoms with Gasteiger partial charge in [-0.1, -0.05) is 13.0 Å². The van der Waals surface area contributed by atoms with Crippen LogP contribution >= 0.6 is 35.3 Å². The second-order valence-corrected chi connectivity index (χ2v) is 7.43. The highest BCUT2D eigenvalue weighted by Crippen LogP contribution is 2.15. The van der Waals surface area contributed by atoms with E-state index >= 15 is 0 Å². The fraction of sp³-hybridized carbons (Fsp3) is 0.474. The molecule has 1 aliphatic rings. The van der Waals surface area contributed by atoms with Gasteiger partial charge >= 0.3 is 0 Å². The van der Waals surface area contributed by atoms with Gasteiger partial charge in [-0.25, -0.2) is 9.98 Å². The SMILES string of the molecule is CCN1CCN(c2cc(CN=C(N)NCCc3cccs3)ccn2)CC1.I. The Morgan fingerprint density at radius 1 is 1.30 bits per heavy atom. The molecular formula is C19H29IN6S. The Morgan fingerprint density at radius 2 is 2.11 bits per heavy atom. The van der Waals surface area contributed by atoms with Crippen LogP contribution in [0.1, 0.15) is 17.4 Å². The van der Waals surface area contributed by atoms with E-state index in [4.69, 9.17) is 5.73 Å². The van der Waals surface area contributed by atoms with Crippen molar-refractivity contribution in [2.24, 2.45) is 10.7 Å². The molecule has 1 aliphatic heterocycles. The van der Waals surface area contributed by atoms with E-state index in [1.54, 1.807) is 11.3 Å². The number of likely N-dealkylation sites (N-methyl/N-ethyl adjacent to an activating group) is 1. The van der Waals surface area contributed by atoms with Crippen LogP contribution in [0, 0.1) is 0 Å². The first-order valence-electron chi connectivity index (χ1n) is 9.23. The minimum atomic E-state index is 0. The summed E-state index contributed by atoms with van der Waals surface area (Å²) in [6.45, 7) is 8.96. The second-order valence-electron chi connectivity index (χ2n) is 6.40. The predicted molar refractivity (Wildman–Crippen MR) is 125 cm³/mol. The fourth-order valence-corrected chi connectivity index (χ4v) is 3.73. The molecule has 148 valence electrons. The van der Waals surface area contributed by atoms with Crippen LogP contribution < -0.4 is 16.0 Å². The van der Waals surface area contributed by atoms with Crippen molar-refractivity contribution in [3.05, 3.63) is 46.3 Å². The van der Waals surface area contributed by atoms with Gasteiger partial charge in [-0.2, -0.15) is 0 Å². The van der Waals surface area contributed by atoms with E-state index in [9.17, 15) is 0 Å². The molecule has 1 saturated heterocycles. The van der Waals surface area contributed by atoms with Gasteiger partial charge in [0.05, 0.1) is 6.54 Å². The van der Waals surface area contributed by atoms with E-state index in [1.807, 2.05) is 12.3 Å². The molecule has 0 aliphatic carbocycles.